The second kappa shape index (κ2) is 5.04. The fraction of sp³-hybridized carbons (Fsp3) is 0.286. The van der Waals surface area contributed by atoms with Gasteiger partial charge >= 0.3 is 11.9 Å². The van der Waals surface area contributed by atoms with Gasteiger partial charge in [-0.3, -0.25) is 9.59 Å². The Hall–Kier alpha value is -2.10. The van der Waals surface area contributed by atoms with Gasteiger partial charge in [0.15, 0.2) is 0 Å². The fourth-order valence-electron chi connectivity index (χ4n) is 2.43. The predicted octanol–water partition coefficient (Wildman–Crippen LogP) is 2.27. The number of hydrogen-bond acceptors (Lipinski definition) is 2. The van der Waals surface area contributed by atoms with Crippen LogP contribution in [0, 0.1) is 11.8 Å². The third kappa shape index (κ3) is 2.27. The lowest BCUT2D eigenvalue weighted by Gasteiger charge is -2.27. The first-order chi connectivity index (χ1) is 8.61. The molecule has 0 aromatic heterocycles. The molecule has 2 rings (SSSR count). The summed E-state index contributed by atoms with van der Waals surface area (Å²) >= 11 is 0. The quantitative estimate of drug-likeness (QED) is 0.857. The van der Waals surface area contributed by atoms with Crippen LogP contribution in [0.2, 0.25) is 0 Å². The molecule has 0 amide bonds. The Morgan fingerprint density at radius 1 is 1.06 bits per heavy atom. The number of aliphatic carboxylic acids is 2. The zero-order valence-electron chi connectivity index (χ0n) is 9.74. The van der Waals surface area contributed by atoms with E-state index in [1.807, 2.05) is 36.4 Å². The van der Waals surface area contributed by atoms with Gasteiger partial charge in [-0.1, -0.05) is 36.4 Å². The zero-order chi connectivity index (χ0) is 13.1. The molecule has 18 heavy (non-hydrogen) atoms. The van der Waals surface area contributed by atoms with E-state index in [1.165, 1.54) is 0 Å². The van der Waals surface area contributed by atoms with E-state index in [0.717, 1.165) is 5.56 Å². The maximum absolute atomic E-state index is 11.3. The van der Waals surface area contributed by atoms with Crippen molar-refractivity contribution in [2.45, 2.75) is 12.8 Å². The SMILES string of the molecule is O=C(O)[C@H]1C(c2ccccc2)=CCC[C@@H]1C(=O)O. The molecule has 1 aliphatic carbocycles. The molecule has 0 saturated carbocycles. The van der Waals surface area contributed by atoms with Crippen molar-refractivity contribution in [3.63, 3.8) is 0 Å². The highest BCUT2D eigenvalue weighted by Gasteiger charge is 2.38. The van der Waals surface area contributed by atoms with Gasteiger partial charge in [-0.25, -0.2) is 0 Å². The third-order valence-corrected chi connectivity index (χ3v) is 3.27. The van der Waals surface area contributed by atoms with E-state index >= 15 is 0 Å². The minimum atomic E-state index is -1.07. The average molecular weight is 246 g/mol. The second-order valence-electron chi connectivity index (χ2n) is 4.36. The highest BCUT2D eigenvalue weighted by atomic mass is 16.4. The number of carbonyl (C=O) groups is 2. The van der Waals surface area contributed by atoms with E-state index in [2.05, 4.69) is 0 Å². The number of allylic oxidation sites excluding steroid dienone is 1. The first-order valence-electron chi connectivity index (χ1n) is 5.82. The maximum atomic E-state index is 11.3. The van der Waals surface area contributed by atoms with Crippen molar-refractivity contribution in [1.29, 1.82) is 0 Å². The maximum Gasteiger partial charge on any atom is 0.311 e. The Balaban J connectivity index is 2.42. The number of carboxylic acids is 2. The van der Waals surface area contributed by atoms with Gasteiger partial charge in [0, 0.05) is 0 Å². The van der Waals surface area contributed by atoms with Crippen molar-refractivity contribution >= 4 is 17.5 Å². The van der Waals surface area contributed by atoms with Gasteiger partial charge in [0.25, 0.3) is 0 Å². The normalized spacial score (nSPS) is 23.2. The van der Waals surface area contributed by atoms with Crippen molar-refractivity contribution in [3.05, 3.63) is 42.0 Å². The number of carboxylic acid groups (broad SMARTS) is 2. The van der Waals surface area contributed by atoms with Crippen molar-refractivity contribution in [3.8, 4) is 0 Å². The second-order valence-corrected chi connectivity index (χ2v) is 4.36. The van der Waals surface area contributed by atoms with Crippen molar-refractivity contribution < 1.29 is 19.8 Å². The molecule has 4 nitrogen and oxygen atoms in total. The van der Waals surface area contributed by atoms with Crippen LogP contribution in [-0.4, -0.2) is 22.2 Å². The van der Waals surface area contributed by atoms with Crippen LogP contribution in [0.4, 0.5) is 0 Å². The minimum Gasteiger partial charge on any atom is -0.481 e. The smallest absolute Gasteiger partial charge is 0.311 e. The molecule has 0 saturated heterocycles. The number of rotatable bonds is 3. The number of hydrogen-bond donors (Lipinski definition) is 2. The standard InChI is InChI=1S/C14H14O4/c15-13(16)11-8-4-7-10(12(11)14(17)18)9-5-2-1-3-6-9/h1-3,5-7,11-12H,4,8H2,(H,15,16)(H,17,18)/t11-,12-/m0/s1. The van der Waals surface area contributed by atoms with E-state index in [0.29, 0.717) is 18.4 Å². The average Bonchev–Trinajstić information content (AvgIpc) is 2.38. The van der Waals surface area contributed by atoms with Gasteiger partial charge < -0.3 is 10.2 Å². The molecule has 0 aliphatic heterocycles. The van der Waals surface area contributed by atoms with Crippen LogP contribution < -0.4 is 0 Å². The van der Waals surface area contributed by atoms with Gasteiger partial charge in [-0.15, -0.1) is 0 Å². The van der Waals surface area contributed by atoms with Gasteiger partial charge in [-0.05, 0) is 24.0 Å². The summed E-state index contributed by atoms with van der Waals surface area (Å²) < 4.78 is 0. The summed E-state index contributed by atoms with van der Waals surface area (Å²) in [4.78, 5) is 22.5. The molecular formula is C14H14O4. The molecule has 1 aliphatic rings. The summed E-state index contributed by atoms with van der Waals surface area (Å²) in [6.45, 7) is 0. The van der Waals surface area contributed by atoms with E-state index in [1.54, 1.807) is 0 Å². The highest BCUT2D eigenvalue weighted by molar-refractivity contribution is 5.93. The molecule has 0 spiro atoms. The van der Waals surface area contributed by atoms with Gasteiger partial charge in [0.1, 0.15) is 0 Å². The van der Waals surface area contributed by atoms with E-state index < -0.39 is 23.8 Å². The van der Waals surface area contributed by atoms with Crippen LogP contribution in [-0.2, 0) is 9.59 Å². The molecule has 2 N–H and O–H groups in total. The summed E-state index contributed by atoms with van der Waals surface area (Å²) in [5, 5.41) is 18.4. The van der Waals surface area contributed by atoms with Crippen molar-refractivity contribution in [2.24, 2.45) is 11.8 Å². The van der Waals surface area contributed by atoms with Crippen LogP contribution in [0.3, 0.4) is 0 Å². The topological polar surface area (TPSA) is 74.6 Å². The minimum absolute atomic E-state index is 0.378. The first kappa shape index (κ1) is 12.4. The Morgan fingerprint density at radius 3 is 2.28 bits per heavy atom. The van der Waals surface area contributed by atoms with Crippen LogP contribution in [0.5, 0.6) is 0 Å². The summed E-state index contributed by atoms with van der Waals surface area (Å²) in [5.74, 6) is -3.91. The molecule has 4 heteroatoms. The lowest BCUT2D eigenvalue weighted by Crippen LogP contribution is -2.32. The molecule has 0 fully saturated rings. The summed E-state index contributed by atoms with van der Waals surface area (Å²) in [5.41, 5.74) is 1.40. The molecular weight excluding hydrogens is 232 g/mol. The summed E-state index contributed by atoms with van der Waals surface area (Å²) in [7, 11) is 0. The van der Waals surface area contributed by atoms with Crippen molar-refractivity contribution in [1.82, 2.24) is 0 Å². The molecule has 1 aromatic carbocycles. The Morgan fingerprint density at radius 2 is 1.72 bits per heavy atom. The van der Waals surface area contributed by atoms with Gasteiger partial charge in [0.2, 0.25) is 0 Å². The van der Waals surface area contributed by atoms with E-state index in [4.69, 9.17) is 5.11 Å². The number of benzene rings is 1. The fourth-order valence-corrected chi connectivity index (χ4v) is 2.43. The van der Waals surface area contributed by atoms with E-state index in [9.17, 15) is 14.7 Å². The van der Waals surface area contributed by atoms with Crippen LogP contribution in [0.1, 0.15) is 18.4 Å². The van der Waals surface area contributed by atoms with Crippen LogP contribution in [0.25, 0.3) is 5.57 Å². The summed E-state index contributed by atoms with van der Waals surface area (Å²) in [6.07, 6.45) is 2.82. The Kier molecular flexibility index (Phi) is 3.46. The summed E-state index contributed by atoms with van der Waals surface area (Å²) in [6, 6.07) is 9.11. The highest BCUT2D eigenvalue weighted by Crippen LogP contribution is 2.37. The third-order valence-electron chi connectivity index (χ3n) is 3.27. The molecule has 1 aromatic rings. The molecule has 0 unspecified atom stereocenters. The lowest BCUT2D eigenvalue weighted by molar-refractivity contribution is -0.151. The monoisotopic (exact) mass is 246 g/mol. The predicted molar refractivity (Wildman–Crippen MR) is 65.9 cm³/mol. The lowest BCUT2D eigenvalue weighted by atomic mass is 9.76. The molecule has 2 atom stereocenters. The molecule has 94 valence electrons. The van der Waals surface area contributed by atoms with E-state index in [-0.39, 0.29) is 0 Å². The molecule has 0 bridgehead atoms. The Bertz CT molecular complexity index is 490. The zero-order valence-corrected chi connectivity index (χ0v) is 9.74. The van der Waals surface area contributed by atoms with Crippen LogP contribution in [0.15, 0.2) is 36.4 Å². The Labute approximate surface area is 105 Å². The molecule has 0 radical (unpaired) electrons. The van der Waals surface area contributed by atoms with Gasteiger partial charge in [-0.2, -0.15) is 0 Å². The first-order valence-corrected chi connectivity index (χ1v) is 5.82. The van der Waals surface area contributed by atoms with Crippen LogP contribution >= 0.6 is 0 Å². The van der Waals surface area contributed by atoms with Gasteiger partial charge in [0.05, 0.1) is 11.8 Å². The molecule has 0 heterocycles. The largest absolute Gasteiger partial charge is 0.481 e. The van der Waals surface area contributed by atoms with Crippen molar-refractivity contribution in [2.75, 3.05) is 0 Å².